The molecule has 0 radical (unpaired) electrons. The summed E-state index contributed by atoms with van der Waals surface area (Å²) in [5, 5.41) is 3.38. The van der Waals surface area contributed by atoms with E-state index >= 15 is 0 Å². The molecule has 2 heterocycles. The van der Waals surface area contributed by atoms with Crippen molar-refractivity contribution in [1.82, 2.24) is 19.9 Å². The first kappa shape index (κ1) is 22.2. The molecule has 0 aliphatic carbocycles. The number of nitrogens with zero attached hydrogens (tertiary/aromatic N) is 2. The highest BCUT2D eigenvalue weighted by molar-refractivity contribution is 7.89. The molecule has 1 aliphatic rings. The van der Waals surface area contributed by atoms with E-state index in [1.807, 2.05) is 30.3 Å². The lowest BCUT2D eigenvalue weighted by molar-refractivity contribution is 0.139. The number of sulfonamides is 1. The van der Waals surface area contributed by atoms with Crippen LogP contribution in [0.3, 0.4) is 0 Å². The minimum atomic E-state index is -3.55. The predicted octanol–water partition coefficient (Wildman–Crippen LogP) is 2.71. The molecule has 1 aliphatic heterocycles. The van der Waals surface area contributed by atoms with Crippen LogP contribution >= 0.6 is 11.3 Å². The minimum Gasteiger partial charge on any atom is -0.494 e. The van der Waals surface area contributed by atoms with E-state index in [0.29, 0.717) is 13.2 Å². The molecule has 3 aromatic rings. The van der Waals surface area contributed by atoms with Crippen LogP contribution in [0.4, 0.5) is 0 Å². The molecular formula is C22H28N4O3S2. The van der Waals surface area contributed by atoms with Gasteiger partial charge in [-0.1, -0.05) is 18.2 Å². The number of fused-ring (bicyclic) bond motifs is 1. The van der Waals surface area contributed by atoms with Crippen molar-refractivity contribution < 1.29 is 13.2 Å². The van der Waals surface area contributed by atoms with Gasteiger partial charge in [-0.2, -0.15) is 0 Å². The van der Waals surface area contributed by atoms with Gasteiger partial charge in [0.05, 0.1) is 27.2 Å². The summed E-state index contributed by atoms with van der Waals surface area (Å²) in [6, 6.07) is 15.1. The SMILES string of the molecule is O=S(=O)(NCCC(CCOc1ccccc1)N1CCNCC1)c1ccc2ncsc2c1. The fraction of sp³-hybridized carbons (Fsp3) is 0.409. The smallest absolute Gasteiger partial charge is 0.240 e. The standard InChI is InChI=1S/C22H28N4O3S2/c27-31(28,20-6-7-21-22(16-20)30-17-24-21)25-10-8-18(26-13-11-23-12-14-26)9-15-29-19-4-2-1-3-5-19/h1-7,16-18,23,25H,8-15H2. The van der Waals surface area contributed by atoms with Crippen molar-refractivity contribution in [3.05, 3.63) is 54.0 Å². The number of aromatic nitrogens is 1. The summed E-state index contributed by atoms with van der Waals surface area (Å²) in [4.78, 5) is 6.93. The molecule has 0 saturated carbocycles. The first-order chi connectivity index (χ1) is 15.1. The highest BCUT2D eigenvalue weighted by atomic mass is 32.2. The number of rotatable bonds is 10. The number of thiazole rings is 1. The van der Waals surface area contributed by atoms with Crippen LogP contribution in [0.25, 0.3) is 10.2 Å². The molecule has 166 valence electrons. The zero-order valence-electron chi connectivity index (χ0n) is 17.4. The maximum Gasteiger partial charge on any atom is 0.240 e. The van der Waals surface area contributed by atoms with Crippen LogP contribution in [0, 0.1) is 0 Å². The van der Waals surface area contributed by atoms with Gasteiger partial charge in [-0.05, 0) is 43.2 Å². The van der Waals surface area contributed by atoms with Crippen LogP contribution < -0.4 is 14.8 Å². The van der Waals surface area contributed by atoms with Gasteiger partial charge in [0.2, 0.25) is 10.0 Å². The summed E-state index contributed by atoms with van der Waals surface area (Å²) in [5.41, 5.74) is 2.55. The van der Waals surface area contributed by atoms with E-state index in [2.05, 4.69) is 19.9 Å². The average Bonchev–Trinajstić information content (AvgIpc) is 3.27. The van der Waals surface area contributed by atoms with Gasteiger partial charge in [0.15, 0.2) is 0 Å². The fourth-order valence-corrected chi connectivity index (χ4v) is 5.70. The number of ether oxygens (including phenoxy) is 1. The number of hydrogen-bond acceptors (Lipinski definition) is 7. The maximum atomic E-state index is 12.8. The van der Waals surface area contributed by atoms with E-state index < -0.39 is 10.0 Å². The molecule has 1 unspecified atom stereocenters. The highest BCUT2D eigenvalue weighted by Gasteiger charge is 2.22. The molecule has 1 saturated heterocycles. The molecule has 1 aromatic heterocycles. The summed E-state index contributed by atoms with van der Waals surface area (Å²) < 4.78 is 35.1. The fourth-order valence-electron chi connectivity index (χ4n) is 3.83. The third-order valence-electron chi connectivity index (χ3n) is 5.51. The van der Waals surface area contributed by atoms with Crippen LogP contribution in [-0.4, -0.2) is 63.7 Å². The second-order valence-electron chi connectivity index (χ2n) is 7.56. The molecule has 2 aromatic carbocycles. The van der Waals surface area contributed by atoms with Crippen molar-refractivity contribution in [2.75, 3.05) is 39.3 Å². The second-order valence-corrected chi connectivity index (χ2v) is 10.2. The lowest BCUT2D eigenvalue weighted by Gasteiger charge is -2.35. The molecule has 1 atom stereocenters. The molecule has 4 rings (SSSR count). The van der Waals surface area contributed by atoms with E-state index in [9.17, 15) is 8.42 Å². The van der Waals surface area contributed by atoms with Crippen molar-refractivity contribution in [3.63, 3.8) is 0 Å². The van der Waals surface area contributed by atoms with Gasteiger partial charge in [0.1, 0.15) is 5.75 Å². The normalized spacial score (nSPS) is 16.4. The Hall–Kier alpha value is -2.04. The van der Waals surface area contributed by atoms with E-state index in [4.69, 9.17) is 4.74 Å². The third-order valence-corrected chi connectivity index (χ3v) is 7.76. The Morgan fingerprint density at radius 3 is 2.74 bits per heavy atom. The van der Waals surface area contributed by atoms with Gasteiger partial charge < -0.3 is 10.1 Å². The van der Waals surface area contributed by atoms with E-state index in [1.54, 1.807) is 23.7 Å². The molecule has 7 nitrogen and oxygen atoms in total. The highest BCUT2D eigenvalue weighted by Crippen LogP contribution is 2.22. The van der Waals surface area contributed by atoms with Crippen molar-refractivity contribution in [3.8, 4) is 5.75 Å². The molecule has 0 spiro atoms. The van der Waals surface area contributed by atoms with Gasteiger partial charge in [-0.3, -0.25) is 4.90 Å². The van der Waals surface area contributed by atoms with Crippen LogP contribution in [0.15, 0.2) is 58.9 Å². The predicted molar refractivity (Wildman–Crippen MR) is 124 cm³/mol. The van der Waals surface area contributed by atoms with Crippen LogP contribution in [0.1, 0.15) is 12.8 Å². The quantitative estimate of drug-likeness (QED) is 0.484. The Morgan fingerprint density at radius 2 is 1.94 bits per heavy atom. The Kier molecular flexibility index (Phi) is 7.52. The van der Waals surface area contributed by atoms with Crippen LogP contribution in [0.5, 0.6) is 5.75 Å². The summed E-state index contributed by atoms with van der Waals surface area (Å²) in [6.45, 7) is 4.83. The molecular weight excluding hydrogens is 432 g/mol. The average molecular weight is 461 g/mol. The Morgan fingerprint density at radius 1 is 1.13 bits per heavy atom. The molecule has 1 fully saturated rings. The first-order valence-corrected chi connectivity index (χ1v) is 12.9. The number of hydrogen-bond donors (Lipinski definition) is 2. The zero-order chi connectivity index (χ0) is 21.5. The zero-order valence-corrected chi connectivity index (χ0v) is 19.0. The summed E-state index contributed by atoms with van der Waals surface area (Å²) in [6.07, 6.45) is 1.59. The lowest BCUT2D eigenvalue weighted by atomic mass is 10.1. The van der Waals surface area contributed by atoms with Gasteiger partial charge in [0, 0.05) is 38.8 Å². The molecule has 0 amide bonds. The molecule has 31 heavy (non-hydrogen) atoms. The first-order valence-electron chi connectivity index (χ1n) is 10.6. The Labute approximate surface area is 187 Å². The Balaban J connectivity index is 1.34. The molecule has 2 N–H and O–H groups in total. The molecule has 9 heteroatoms. The van der Waals surface area contributed by atoms with Gasteiger partial charge in [-0.25, -0.2) is 18.1 Å². The molecule has 0 bridgehead atoms. The number of nitrogens with one attached hydrogen (secondary N) is 2. The van der Waals surface area contributed by atoms with Crippen LogP contribution in [-0.2, 0) is 10.0 Å². The van der Waals surface area contributed by atoms with Crippen LogP contribution in [0.2, 0.25) is 0 Å². The van der Waals surface area contributed by atoms with Crippen molar-refractivity contribution in [1.29, 1.82) is 0 Å². The van der Waals surface area contributed by atoms with Gasteiger partial charge >= 0.3 is 0 Å². The van der Waals surface area contributed by atoms with Gasteiger partial charge in [0.25, 0.3) is 0 Å². The minimum absolute atomic E-state index is 0.262. The summed E-state index contributed by atoms with van der Waals surface area (Å²) in [7, 11) is -3.55. The largest absolute Gasteiger partial charge is 0.494 e. The summed E-state index contributed by atoms with van der Waals surface area (Å²) >= 11 is 1.44. The third kappa shape index (κ3) is 6.02. The maximum absolute atomic E-state index is 12.8. The monoisotopic (exact) mass is 460 g/mol. The second kappa shape index (κ2) is 10.5. The van der Waals surface area contributed by atoms with Crippen molar-refractivity contribution in [2.45, 2.75) is 23.8 Å². The number of benzene rings is 2. The van der Waals surface area contributed by atoms with E-state index in [-0.39, 0.29) is 10.9 Å². The Bertz CT molecular complexity index is 1070. The van der Waals surface area contributed by atoms with E-state index in [1.165, 1.54) is 11.3 Å². The van der Waals surface area contributed by atoms with Gasteiger partial charge in [-0.15, -0.1) is 11.3 Å². The number of para-hydroxylation sites is 1. The topological polar surface area (TPSA) is 83.6 Å². The lowest BCUT2D eigenvalue weighted by Crippen LogP contribution is -2.49. The summed E-state index contributed by atoms with van der Waals surface area (Å²) in [5.74, 6) is 0.862. The number of piperazine rings is 1. The van der Waals surface area contributed by atoms with E-state index in [0.717, 1.165) is 55.0 Å². The van der Waals surface area contributed by atoms with Crippen molar-refractivity contribution in [2.24, 2.45) is 0 Å². The van der Waals surface area contributed by atoms with Crippen molar-refractivity contribution >= 4 is 31.6 Å².